The van der Waals surface area contributed by atoms with Gasteiger partial charge in [0, 0.05) is 18.0 Å². The Labute approximate surface area is 237 Å². The molecule has 1 heterocycles. The molecule has 0 saturated heterocycles. The molecule has 0 amide bonds. The van der Waals surface area contributed by atoms with Crippen molar-refractivity contribution in [3.63, 3.8) is 0 Å². The average molecular weight is 528 g/mol. The molecular weight excluding hydrogens is 478 g/mol. The van der Waals surface area contributed by atoms with Crippen LogP contribution in [0.5, 0.6) is 11.5 Å². The van der Waals surface area contributed by atoms with Crippen LogP contribution in [-0.2, 0) is 11.8 Å². The Morgan fingerprint density at radius 2 is 1.46 bits per heavy atom. The molecule has 0 N–H and O–H groups in total. The lowest BCUT2D eigenvalue weighted by Gasteiger charge is -2.40. The van der Waals surface area contributed by atoms with Gasteiger partial charge in [0.15, 0.2) is 11.5 Å². The first-order chi connectivity index (χ1) is 19.0. The second kappa shape index (κ2) is 14.0. The summed E-state index contributed by atoms with van der Waals surface area (Å²) in [5, 5.41) is 0. The first-order valence-electron chi connectivity index (χ1n) is 15.1. The van der Waals surface area contributed by atoms with E-state index in [1.54, 1.807) is 14.2 Å². The van der Waals surface area contributed by atoms with Crippen LogP contribution in [0.2, 0.25) is 0 Å². The topological polar surface area (TPSA) is 21.7 Å². The number of fused-ring (bicyclic) bond motifs is 1. The largest absolute Gasteiger partial charge is 0.493 e. The lowest BCUT2D eigenvalue weighted by Crippen LogP contribution is -2.37. The molecule has 0 spiro atoms. The summed E-state index contributed by atoms with van der Waals surface area (Å²) in [6.07, 6.45) is 9.44. The summed E-state index contributed by atoms with van der Waals surface area (Å²) >= 11 is 0. The SMILES string of the molecule is CCCC(CCCN1CCc2cc(OC)c(OC)cc2C1CCCC(C)C)(c1ccccc1)c1ccccc1. The first kappa shape index (κ1) is 29.2. The number of hydrogen-bond acceptors (Lipinski definition) is 3. The first-order valence-corrected chi connectivity index (χ1v) is 15.1. The molecule has 0 bridgehead atoms. The molecule has 1 aliphatic rings. The van der Waals surface area contributed by atoms with E-state index in [1.807, 2.05) is 0 Å². The van der Waals surface area contributed by atoms with E-state index in [-0.39, 0.29) is 5.41 Å². The third-order valence-electron chi connectivity index (χ3n) is 8.75. The van der Waals surface area contributed by atoms with Gasteiger partial charge in [-0.2, -0.15) is 0 Å². The van der Waals surface area contributed by atoms with Gasteiger partial charge >= 0.3 is 0 Å². The second-order valence-corrected chi connectivity index (χ2v) is 11.7. The maximum absolute atomic E-state index is 5.74. The highest BCUT2D eigenvalue weighted by Crippen LogP contribution is 2.43. The zero-order valence-electron chi connectivity index (χ0n) is 24.9. The molecule has 3 aromatic carbocycles. The third-order valence-corrected chi connectivity index (χ3v) is 8.75. The molecular formula is C36H49NO2. The number of methoxy groups -OCH3 is 2. The summed E-state index contributed by atoms with van der Waals surface area (Å²) in [6.45, 7) is 9.22. The van der Waals surface area contributed by atoms with E-state index in [1.165, 1.54) is 60.8 Å². The molecule has 0 fully saturated rings. The van der Waals surface area contributed by atoms with Crippen molar-refractivity contribution in [2.24, 2.45) is 5.92 Å². The van der Waals surface area contributed by atoms with Gasteiger partial charge in [-0.3, -0.25) is 4.90 Å². The number of ether oxygens (including phenoxy) is 2. The Balaban J connectivity index is 1.59. The quantitative estimate of drug-likeness (QED) is 0.209. The lowest BCUT2D eigenvalue weighted by molar-refractivity contribution is 0.163. The summed E-state index contributed by atoms with van der Waals surface area (Å²) in [4.78, 5) is 2.77. The van der Waals surface area contributed by atoms with Crippen molar-refractivity contribution in [3.05, 3.63) is 95.1 Å². The summed E-state index contributed by atoms with van der Waals surface area (Å²) in [6, 6.07) is 27.4. The van der Waals surface area contributed by atoms with Gasteiger partial charge in [-0.05, 0) is 79.0 Å². The number of rotatable bonds is 14. The molecule has 3 nitrogen and oxygen atoms in total. The number of hydrogen-bond donors (Lipinski definition) is 0. The Bertz CT molecular complexity index is 1100. The van der Waals surface area contributed by atoms with E-state index >= 15 is 0 Å². The average Bonchev–Trinajstić information content (AvgIpc) is 2.97. The fraction of sp³-hybridized carbons (Fsp3) is 0.500. The van der Waals surface area contributed by atoms with Crippen LogP contribution in [0.3, 0.4) is 0 Å². The zero-order chi connectivity index (χ0) is 27.7. The second-order valence-electron chi connectivity index (χ2n) is 11.7. The predicted octanol–water partition coefficient (Wildman–Crippen LogP) is 9.00. The molecule has 3 aromatic rings. The molecule has 1 unspecified atom stereocenters. The van der Waals surface area contributed by atoms with Gasteiger partial charge in [0.25, 0.3) is 0 Å². The van der Waals surface area contributed by atoms with Crippen molar-refractivity contribution < 1.29 is 9.47 Å². The van der Waals surface area contributed by atoms with Crippen LogP contribution in [0, 0.1) is 5.92 Å². The van der Waals surface area contributed by atoms with E-state index in [0.29, 0.717) is 6.04 Å². The molecule has 210 valence electrons. The molecule has 1 aliphatic heterocycles. The van der Waals surface area contributed by atoms with Crippen molar-refractivity contribution in [1.29, 1.82) is 0 Å². The van der Waals surface area contributed by atoms with Crippen LogP contribution in [-0.4, -0.2) is 32.2 Å². The fourth-order valence-corrected chi connectivity index (χ4v) is 6.80. The van der Waals surface area contributed by atoms with Crippen LogP contribution in [0.1, 0.15) is 94.0 Å². The Morgan fingerprint density at radius 1 is 0.846 bits per heavy atom. The maximum atomic E-state index is 5.74. The number of nitrogens with zero attached hydrogens (tertiary/aromatic N) is 1. The van der Waals surface area contributed by atoms with Gasteiger partial charge in [-0.15, -0.1) is 0 Å². The standard InChI is InChI=1S/C36H49NO2/c1-6-22-36(30-16-9-7-10-17-30,31-18-11-8-12-19-31)23-14-24-37-25-21-29-26-34(38-4)35(39-5)27-32(29)33(37)20-13-15-28(2)3/h7-12,16-19,26-28,33H,6,13-15,20-25H2,1-5H3. The molecule has 39 heavy (non-hydrogen) atoms. The Kier molecular flexibility index (Phi) is 10.5. The van der Waals surface area contributed by atoms with Crippen LogP contribution < -0.4 is 9.47 Å². The van der Waals surface area contributed by atoms with Crippen LogP contribution >= 0.6 is 0 Å². The summed E-state index contributed by atoms with van der Waals surface area (Å²) in [5.41, 5.74) is 5.81. The minimum absolute atomic E-state index is 0.0503. The van der Waals surface area contributed by atoms with Crippen molar-refractivity contribution in [2.75, 3.05) is 27.3 Å². The number of benzene rings is 3. The molecule has 1 atom stereocenters. The molecule has 0 saturated carbocycles. The van der Waals surface area contributed by atoms with Crippen LogP contribution in [0.15, 0.2) is 72.8 Å². The fourth-order valence-electron chi connectivity index (χ4n) is 6.80. The van der Waals surface area contributed by atoms with Crippen molar-refractivity contribution in [2.45, 2.75) is 83.6 Å². The molecule has 0 radical (unpaired) electrons. The minimum atomic E-state index is 0.0503. The highest BCUT2D eigenvalue weighted by atomic mass is 16.5. The summed E-state index contributed by atoms with van der Waals surface area (Å²) in [7, 11) is 3.49. The van der Waals surface area contributed by atoms with E-state index in [2.05, 4.69) is 98.5 Å². The summed E-state index contributed by atoms with van der Waals surface area (Å²) in [5.74, 6) is 2.43. The van der Waals surface area contributed by atoms with E-state index in [0.717, 1.165) is 43.3 Å². The van der Waals surface area contributed by atoms with Gasteiger partial charge in [-0.1, -0.05) is 101 Å². The highest BCUT2D eigenvalue weighted by Gasteiger charge is 2.34. The molecule has 3 heteroatoms. The Hall–Kier alpha value is -2.78. The molecule has 0 aromatic heterocycles. The Morgan fingerprint density at radius 3 is 2.03 bits per heavy atom. The van der Waals surface area contributed by atoms with Crippen LogP contribution in [0.25, 0.3) is 0 Å². The predicted molar refractivity (Wildman–Crippen MR) is 164 cm³/mol. The molecule has 0 aliphatic carbocycles. The van der Waals surface area contributed by atoms with Crippen molar-refractivity contribution >= 4 is 0 Å². The molecule has 4 rings (SSSR count). The van der Waals surface area contributed by atoms with Crippen molar-refractivity contribution in [1.82, 2.24) is 4.90 Å². The van der Waals surface area contributed by atoms with Crippen molar-refractivity contribution in [3.8, 4) is 11.5 Å². The van der Waals surface area contributed by atoms with Gasteiger partial charge in [0.1, 0.15) is 0 Å². The highest BCUT2D eigenvalue weighted by molar-refractivity contribution is 5.49. The normalized spacial score (nSPS) is 15.8. The zero-order valence-corrected chi connectivity index (χ0v) is 24.9. The third kappa shape index (κ3) is 6.87. The van der Waals surface area contributed by atoms with Gasteiger partial charge < -0.3 is 9.47 Å². The lowest BCUT2D eigenvalue weighted by atomic mass is 9.68. The summed E-state index contributed by atoms with van der Waals surface area (Å²) < 4.78 is 11.4. The monoisotopic (exact) mass is 527 g/mol. The van der Waals surface area contributed by atoms with E-state index < -0.39 is 0 Å². The minimum Gasteiger partial charge on any atom is -0.493 e. The van der Waals surface area contributed by atoms with Gasteiger partial charge in [0.05, 0.1) is 14.2 Å². The van der Waals surface area contributed by atoms with Gasteiger partial charge in [0.2, 0.25) is 0 Å². The van der Waals surface area contributed by atoms with E-state index in [9.17, 15) is 0 Å². The maximum Gasteiger partial charge on any atom is 0.161 e. The smallest absolute Gasteiger partial charge is 0.161 e. The van der Waals surface area contributed by atoms with E-state index in [4.69, 9.17) is 9.47 Å². The van der Waals surface area contributed by atoms with Gasteiger partial charge in [-0.25, -0.2) is 0 Å². The van der Waals surface area contributed by atoms with Crippen LogP contribution in [0.4, 0.5) is 0 Å².